The highest BCUT2D eigenvalue weighted by Crippen LogP contribution is 2.26. The van der Waals surface area contributed by atoms with Crippen molar-refractivity contribution in [1.82, 2.24) is 5.32 Å². The van der Waals surface area contributed by atoms with Gasteiger partial charge in [-0.3, -0.25) is 4.79 Å². The van der Waals surface area contributed by atoms with Crippen LogP contribution < -0.4 is 5.32 Å². The molecule has 0 saturated carbocycles. The van der Waals surface area contributed by atoms with Gasteiger partial charge in [-0.05, 0) is 38.3 Å². The molecule has 108 valence electrons. The van der Waals surface area contributed by atoms with Gasteiger partial charge < -0.3 is 14.8 Å². The van der Waals surface area contributed by atoms with Crippen molar-refractivity contribution in [3.8, 4) is 0 Å². The first kappa shape index (κ1) is 14.8. The number of carbonyl (C=O) groups excluding carboxylic acids is 1. The molecule has 2 aromatic heterocycles. The summed E-state index contributed by atoms with van der Waals surface area (Å²) >= 11 is 1.55. The Kier molecular flexibility index (Phi) is 4.30. The third-order valence-electron chi connectivity index (χ3n) is 3.17. The minimum Gasteiger partial charge on any atom is -0.466 e. The first-order valence-corrected chi connectivity index (χ1v) is 7.35. The Balaban J connectivity index is 1.95. The van der Waals surface area contributed by atoms with Crippen LogP contribution in [-0.2, 0) is 16.8 Å². The van der Waals surface area contributed by atoms with Gasteiger partial charge in [-0.1, -0.05) is 6.07 Å². The molecule has 0 fully saturated rings. The number of furan rings is 1. The Morgan fingerprint density at radius 3 is 2.80 bits per heavy atom. The van der Waals surface area contributed by atoms with E-state index in [9.17, 15) is 9.90 Å². The minimum absolute atomic E-state index is 0.0920. The summed E-state index contributed by atoms with van der Waals surface area (Å²) in [4.78, 5) is 12.9. The molecule has 0 aromatic carbocycles. The van der Waals surface area contributed by atoms with Crippen LogP contribution in [0.5, 0.6) is 0 Å². The lowest BCUT2D eigenvalue weighted by atomic mass is 9.96. The zero-order valence-corrected chi connectivity index (χ0v) is 12.7. The van der Waals surface area contributed by atoms with Crippen molar-refractivity contribution in [2.24, 2.45) is 0 Å². The van der Waals surface area contributed by atoms with Gasteiger partial charge in [0.25, 0.3) is 0 Å². The van der Waals surface area contributed by atoms with Gasteiger partial charge in [0.05, 0.1) is 13.0 Å². The van der Waals surface area contributed by atoms with Crippen LogP contribution >= 0.6 is 11.3 Å². The number of aryl methyl sites for hydroxylation is 2. The second-order valence-electron chi connectivity index (χ2n) is 5.13. The molecule has 4 nitrogen and oxygen atoms in total. The van der Waals surface area contributed by atoms with E-state index in [1.54, 1.807) is 24.3 Å². The summed E-state index contributed by atoms with van der Waals surface area (Å²) < 4.78 is 5.42. The van der Waals surface area contributed by atoms with E-state index >= 15 is 0 Å². The number of hydrogen-bond donors (Lipinski definition) is 2. The van der Waals surface area contributed by atoms with Gasteiger partial charge in [0.2, 0.25) is 5.91 Å². The first-order chi connectivity index (χ1) is 9.38. The van der Waals surface area contributed by atoms with Crippen LogP contribution in [0.1, 0.15) is 28.9 Å². The van der Waals surface area contributed by atoms with Gasteiger partial charge in [0.15, 0.2) is 0 Å². The molecule has 2 heterocycles. The fourth-order valence-corrected chi connectivity index (χ4v) is 2.87. The van der Waals surface area contributed by atoms with Crippen LogP contribution in [0.2, 0.25) is 0 Å². The lowest BCUT2D eigenvalue weighted by molar-refractivity contribution is -0.121. The maximum absolute atomic E-state index is 11.8. The molecule has 0 radical (unpaired) electrons. The highest BCUT2D eigenvalue weighted by molar-refractivity contribution is 7.10. The molecular formula is C15H19NO3S. The summed E-state index contributed by atoms with van der Waals surface area (Å²) in [5.41, 5.74) is -0.418. The van der Waals surface area contributed by atoms with Crippen molar-refractivity contribution in [2.75, 3.05) is 6.54 Å². The minimum atomic E-state index is -1.13. The number of aliphatic hydroxyl groups is 1. The van der Waals surface area contributed by atoms with Crippen LogP contribution in [0.3, 0.4) is 0 Å². The Morgan fingerprint density at radius 2 is 2.25 bits per heavy atom. The molecule has 1 atom stereocenters. The van der Waals surface area contributed by atoms with Gasteiger partial charge in [-0.25, -0.2) is 0 Å². The van der Waals surface area contributed by atoms with Crippen LogP contribution in [-0.4, -0.2) is 17.6 Å². The lowest BCUT2D eigenvalue weighted by Crippen LogP contribution is -2.39. The molecule has 2 N–H and O–H groups in total. The van der Waals surface area contributed by atoms with Crippen LogP contribution in [0, 0.1) is 13.8 Å². The van der Waals surface area contributed by atoms with E-state index in [1.165, 1.54) is 0 Å². The van der Waals surface area contributed by atoms with Gasteiger partial charge in [-0.15, -0.1) is 11.3 Å². The van der Waals surface area contributed by atoms with Crippen LogP contribution in [0.25, 0.3) is 0 Å². The molecule has 5 heteroatoms. The third-order valence-corrected chi connectivity index (χ3v) is 4.04. The molecule has 2 aromatic rings. The van der Waals surface area contributed by atoms with E-state index in [4.69, 9.17) is 4.42 Å². The predicted octanol–water partition coefficient (Wildman–Crippen LogP) is 2.52. The van der Waals surface area contributed by atoms with Crippen LogP contribution in [0.15, 0.2) is 28.0 Å². The molecule has 0 saturated heterocycles. The van der Waals surface area contributed by atoms with E-state index < -0.39 is 5.60 Å². The molecule has 0 aliphatic carbocycles. The summed E-state index contributed by atoms with van der Waals surface area (Å²) in [7, 11) is 0. The summed E-state index contributed by atoms with van der Waals surface area (Å²) in [6, 6.07) is 5.65. The van der Waals surface area contributed by atoms with Gasteiger partial charge >= 0.3 is 0 Å². The Labute approximate surface area is 122 Å². The van der Waals surface area contributed by atoms with Gasteiger partial charge in [0, 0.05) is 10.4 Å². The standard InChI is InChI=1S/C15H19NO3S/c1-10-7-13(11(2)19-10)15(3,18)9-16-14(17)8-12-5-4-6-20-12/h4-7,18H,8-9H2,1-3H3,(H,16,17). The zero-order chi connectivity index (χ0) is 14.8. The highest BCUT2D eigenvalue weighted by Gasteiger charge is 2.28. The van der Waals surface area contributed by atoms with Crippen molar-refractivity contribution in [2.45, 2.75) is 32.8 Å². The van der Waals surface area contributed by atoms with E-state index in [0.717, 1.165) is 10.6 Å². The number of amides is 1. The Morgan fingerprint density at radius 1 is 1.50 bits per heavy atom. The number of carbonyl (C=O) groups is 1. The fourth-order valence-electron chi connectivity index (χ4n) is 2.17. The SMILES string of the molecule is Cc1cc(C(C)(O)CNC(=O)Cc2cccs2)c(C)o1. The normalized spacial score (nSPS) is 14.0. The van der Waals surface area contributed by atoms with E-state index in [1.807, 2.05) is 31.4 Å². The highest BCUT2D eigenvalue weighted by atomic mass is 32.1. The third kappa shape index (κ3) is 3.49. The van der Waals surface area contributed by atoms with Crippen molar-refractivity contribution >= 4 is 17.2 Å². The first-order valence-electron chi connectivity index (χ1n) is 6.47. The topological polar surface area (TPSA) is 62.5 Å². The quantitative estimate of drug-likeness (QED) is 0.890. The second-order valence-corrected chi connectivity index (χ2v) is 6.17. The molecule has 1 amide bonds. The van der Waals surface area contributed by atoms with Gasteiger partial charge in [0.1, 0.15) is 17.1 Å². The number of rotatable bonds is 5. The summed E-state index contributed by atoms with van der Waals surface area (Å²) in [6.07, 6.45) is 0.344. The van der Waals surface area contributed by atoms with Crippen molar-refractivity contribution in [3.05, 3.63) is 45.5 Å². The predicted molar refractivity (Wildman–Crippen MR) is 78.8 cm³/mol. The number of hydrogen-bond acceptors (Lipinski definition) is 4. The summed E-state index contributed by atoms with van der Waals surface area (Å²) in [6.45, 7) is 5.49. The Bertz CT molecular complexity index is 584. The summed E-state index contributed by atoms with van der Waals surface area (Å²) in [5.74, 6) is 1.34. The average Bonchev–Trinajstić information content (AvgIpc) is 2.97. The maximum Gasteiger partial charge on any atom is 0.225 e. The van der Waals surface area contributed by atoms with Crippen LogP contribution in [0.4, 0.5) is 0 Å². The largest absolute Gasteiger partial charge is 0.466 e. The summed E-state index contributed by atoms with van der Waals surface area (Å²) in [5, 5.41) is 15.2. The number of thiophene rings is 1. The zero-order valence-electron chi connectivity index (χ0n) is 11.9. The fraction of sp³-hybridized carbons (Fsp3) is 0.400. The van der Waals surface area contributed by atoms with Gasteiger partial charge in [-0.2, -0.15) is 0 Å². The molecule has 0 aliphatic rings. The number of nitrogens with one attached hydrogen (secondary N) is 1. The lowest BCUT2D eigenvalue weighted by Gasteiger charge is -2.23. The second kappa shape index (κ2) is 5.81. The van der Waals surface area contributed by atoms with E-state index in [0.29, 0.717) is 17.7 Å². The monoisotopic (exact) mass is 293 g/mol. The van der Waals surface area contributed by atoms with E-state index in [-0.39, 0.29) is 12.5 Å². The molecule has 0 spiro atoms. The maximum atomic E-state index is 11.8. The van der Waals surface area contributed by atoms with E-state index in [2.05, 4.69) is 5.32 Å². The Hall–Kier alpha value is -1.59. The molecule has 0 aliphatic heterocycles. The average molecular weight is 293 g/mol. The molecule has 20 heavy (non-hydrogen) atoms. The van der Waals surface area contributed by atoms with Crippen molar-refractivity contribution < 1.29 is 14.3 Å². The molecular weight excluding hydrogens is 274 g/mol. The smallest absolute Gasteiger partial charge is 0.225 e. The van der Waals surface area contributed by atoms with Crippen molar-refractivity contribution in [3.63, 3.8) is 0 Å². The van der Waals surface area contributed by atoms with Crippen molar-refractivity contribution in [1.29, 1.82) is 0 Å². The molecule has 1 unspecified atom stereocenters. The molecule has 0 bridgehead atoms. The molecule has 2 rings (SSSR count).